The lowest BCUT2D eigenvalue weighted by Crippen LogP contribution is -2.21. The molecule has 0 N–H and O–H groups in total. The third-order valence-electron chi connectivity index (χ3n) is 3.65. The second-order valence-corrected chi connectivity index (χ2v) is 5.76. The zero-order chi connectivity index (χ0) is 14.2. The minimum Gasteiger partial charge on any atom is -0.309 e. The molecule has 1 atom stereocenters. The Balaban J connectivity index is 2.05. The van der Waals surface area contributed by atoms with E-state index in [9.17, 15) is 4.79 Å². The van der Waals surface area contributed by atoms with Crippen molar-refractivity contribution in [1.82, 2.24) is 9.55 Å². The molecule has 4 rings (SSSR count). The molecule has 4 heteroatoms. The molecule has 3 nitrogen and oxygen atoms in total. The Labute approximate surface area is 126 Å². The number of aromatic nitrogens is 2. The molecule has 3 aromatic rings. The Bertz CT molecular complexity index is 900. The number of hydrogen-bond acceptors (Lipinski definition) is 3. The second kappa shape index (κ2) is 4.90. The van der Waals surface area contributed by atoms with Gasteiger partial charge in [-0.05, 0) is 23.1 Å². The number of rotatable bonds is 1. The van der Waals surface area contributed by atoms with Crippen LogP contribution < -0.4 is 5.56 Å². The number of allylic oxidation sites excluding steroid dienone is 1. The van der Waals surface area contributed by atoms with Gasteiger partial charge in [-0.3, -0.25) is 4.79 Å². The first-order valence-electron chi connectivity index (χ1n) is 6.74. The SMILES string of the molecule is O=c1nc2n(c3ccccc13)[C@@H](c1ccccc1)C=CS2. The van der Waals surface area contributed by atoms with Gasteiger partial charge in [-0.1, -0.05) is 60.3 Å². The van der Waals surface area contributed by atoms with Gasteiger partial charge in [0.1, 0.15) is 0 Å². The largest absolute Gasteiger partial charge is 0.309 e. The van der Waals surface area contributed by atoms with E-state index in [1.165, 1.54) is 17.3 Å². The second-order valence-electron chi connectivity index (χ2n) is 4.89. The summed E-state index contributed by atoms with van der Waals surface area (Å²) < 4.78 is 2.14. The van der Waals surface area contributed by atoms with Crippen LogP contribution in [0.3, 0.4) is 0 Å². The van der Waals surface area contributed by atoms with Crippen molar-refractivity contribution in [2.24, 2.45) is 0 Å². The minimum atomic E-state index is -0.161. The van der Waals surface area contributed by atoms with Crippen LogP contribution in [0.5, 0.6) is 0 Å². The Morgan fingerprint density at radius 3 is 2.62 bits per heavy atom. The average molecular weight is 292 g/mol. The van der Waals surface area contributed by atoms with Crippen LogP contribution in [0.1, 0.15) is 11.6 Å². The van der Waals surface area contributed by atoms with Crippen LogP contribution in [0.15, 0.2) is 76.0 Å². The third kappa shape index (κ3) is 1.99. The fourth-order valence-corrected chi connectivity index (χ4v) is 3.50. The standard InChI is InChI=1S/C17H12N2OS/c20-16-13-8-4-5-9-15(13)19-14(10-11-21-17(19)18-16)12-6-2-1-3-7-12/h1-11,14H/t14-/m1/s1. The average Bonchev–Trinajstić information content (AvgIpc) is 2.55. The maximum absolute atomic E-state index is 12.1. The Morgan fingerprint density at radius 2 is 1.76 bits per heavy atom. The van der Waals surface area contributed by atoms with Gasteiger partial charge in [0.25, 0.3) is 5.56 Å². The van der Waals surface area contributed by atoms with E-state index >= 15 is 0 Å². The van der Waals surface area contributed by atoms with E-state index < -0.39 is 0 Å². The van der Waals surface area contributed by atoms with Crippen molar-refractivity contribution in [2.45, 2.75) is 11.2 Å². The van der Waals surface area contributed by atoms with Gasteiger partial charge < -0.3 is 4.57 Å². The number of hydrogen-bond donors (Lipinski definition) is 0. The van der Waals surface area contributed by atoms with E-state index in [0.717, 1.165) is 10.7 Å². The normalized spacial score (nSPS) is 16.9. The molecule has 0 saturated heterocycles. The van der Waals surface area contributed by atoms with Crippen LogP contribution in [0.4, 0.5) is 0 Å². The van der Waals surface area contributed by atoms with Crippen LogP contribution in [0.2, 0.25) is 0 Å². The van der Waals surface area contributed by atoms with Crippen molar-refractivity contribution in [3.63, 3.8) is 0 Å². The van der Waals surface area contributed by atoms with Crippen LogP contribution in [0, 0.1) is 0 Å². The van der Waals surface area contributed by atoms with Crippen molar-refractivity contribution in [1.29, 1.82) is 0 Å². The summed E-state index contributed by atoms with van der Waals surface area (Å²) in [6.07, 6.45) is 2.14. The molecule has 0 radical (unpaired) electrons. The summed E-state index contributed by atoms with van der Waals surface area (Å²) in [5, 5.41) is 3.42. The molecule has 0 fully saturated rings. The summed E-state index contributed by atoms with van der Waals surface area (Å²) in [5.74, 6) is 0. The molecule has 0 aliphatic carbocycles. The van der Waals surface area contributed by atoms with Gasteiger partial charge in [0.15, 0.2) is 5.16 Å². The van der Waals surface area contributed by atoms with Crippen LogP contribution in [-0.2, 0) is 0 Å². The molecule has 0 spiro atoms. The highest BCUT2D eigenvalue weighted by Crippen LogP contribution is 2.34. The molecular formula is C17H12N2OS. The quantitative estimate of drug-likeness (QED) is 0.643. The molecule has 1 aliphatic rings. The Kier molecular flexibility index (Phi) is 2.89. The summed E-state index contributed by atoms with van der Waals surface area (Å²) in [5.41, 5.74) is 1.95. The van der Waals surface area contributed by atoms with Gasteiger partial charge in [0, 0.05) is 0 Å². The van der Waals surface area contributed by atoms with Crippen LogP contribution in [-0.4, -0.2) is 9.55 Å². The number of para-hydroxylation sites is 1. The van der Waals surface area contributed by atoms with E-state index in [-0.39, 0.29) is 11.6 Å². The number of fused-ring (bicyclic) bond motifs is 3. The highest BCUT2D eigenvalue weighted by atomic mass is 32.2. The molecule has 1 aromatic heterocycles. The first kappa shape index (κ1) is 12.4. The van der Waals surface area contributed by atoms with Gasteiger partial charge in [0.2, 0.25) is 0 Å². The van der Waals surface area contributed by atoms with Crippen molar-refractivity contribution in [3.8, 4) is 0 Å². The summed E-state index contributed by atoms with van der Waals surface area (Å²) in [4.78, 5) is 16.4. The van der Waals surface area contributed by atoms with E-state index in [0.29, 0.717) is 5.39 Å². The van der Waals surface area contributed by atoms with Crippen molar-refractivity contribution >= 4 is 22.7 Å². The van der Waals surface area contributed by atoms with Gasteiger partial charge in [-0.25, -0.2) is 0 Å². The Morgan fingerprint density at radius 1 is 1.00 bits per heavy atom. The maximum Gasteiger partial charge on any atom is 0.281 e. The zero-order valence-corrected chi connectivity index (χ0v) is 12.0. The Hall–Kier alpha value is -2.33. The molecule has 1 aliphatic heterocycles. The summed E-state index contributed by atoms with van der Waals surface area (Å²) in [6, 6.07) is 18.0. The van der Waals surface area contributed by atoms with E-state index in [4.69, 9.17) is 0 Å². The highest BCUT2D eigenvalue weighted by Gasteiger charge is 2.21. The van der Waals surface area contributed by atoms with Gasteiger partial charge in [-0.15, -0.1) is 0 Å². The summed E-state index contributed by atoms with van der Waals surface area (Å²) in [6.45, 7) is 0. The lowest BCUT2D eigenvalue weighted by molar-refractivity contribution is 0.623. The molecule has 2 aromatic carbocycles. The van der Waals surface area contributed by atoms with Crippen LogP contribution in [0.25, 0.3) is 10.9 Å². The lowest BCUT2D eigenvalue weighted by Gasteiger charge is -2.25. The first-order valence-corrected chi connectivity index (χ1v) is 7.62. The molecule has 0 bridgehead atoms. The zero-order valence-electron chi connectivity index (χ0n) is 11.1. The van der Waals surface area contributed by atoms with Crippen LogP contribution >= 0.6 is 11.8 Å². The molecule has 0 saturated carbocycles. The minimum absolute atomic E-state index is 0.0699. The maximum atomic E-state index is 12.1. The summed E-state index contributed by atoms with van der Waals surface area (Å²) in [7, 11) is 0. The van der Waals surface area contributed by atoms with Crippen molar-refractivity contribution < 1.29 is 0 Å². The molecule has 102 valence electrons. The number of nitrogens with zero attached hydrogens (tertiary/aromatic N) is 2. The van der Waals surface area contributed by atoms with E-state index in [2.05, 4.69) is 27.8 Å². The first-order chi connectivity index (χ1) is 10.3. The topological polar surface area (TPSA) is 34.9 Å². The third-order valence-corrected chi connectivity index (χ3v) is 4.44. The lowest BCUT2D eigenvalue weighted by atomic mass is 10.1. The van der Waals surface area contributed by atoms with Gasteiger partial charge >= 0.3 is 0 Å². The molecule has 2 heterocycles. The predicted molar refractivity (Wildman–Crippen MR) is 85.6 cm³/mol. The monoisotopic (exact) mass is 292 g/mol. The van der Waals surface area contributed by atoms with Crippen molar-refractivity contribution in [2.75, 3.05) is 0 Å². The van der Waals surface area contributed by atoms with E-state index in [1.54, 1.807) is 0 Å². The van der Waals surface area contributed by atoms with Crippen molar-refractivity contribution in [3.05, 3.63) is 82.0 Å². The molecule has 0 unspecified atom stereocenters. The predicted octanol–water partition coefficient (Wildman–Crippen LogP) is 3.61. The summed E-state index contributed by atoms with van der Waals surface area (Å²) >= 11 is 1.49. The number of thioether (sulfide) groups is 1. The van der Waals surface area contributed by atoms with E-state index in [1.807, 2.05) is 47.9 Å². The highest BCUT2D eigenvalue weighted by molar-refractivity contribution is 8.02. The molecule has 21 heavy (non-hydrogen) atoms. The number of benzene rings is 2. The molecule has 0 amide bonds. The fraction of sp³-hybridized carbons (Fsp3) is 0.0588. The van der Waals surface area contributed by atoms with Gasteiger partial charge in [-0.2, -0.15) is 4.98 Å². The smallest absolute Gasteiger partial charge is 0.281 e. The fourth-order valence-electron chi connectivity index (χ4n) is 2.69. The van der Waals surface area contributed by atoms with Gasteiger partial charge in [0.05, 0.1) is 16.9 Å². The molecular weight excluding hydrogens is 280 g/mol.